The standard InChI is InChI=1S/C27H36N2.Au.ClH/c1-18(2)22-11-9-12-23(19(3)4)26(22)28-15-16-29(17-28)27-24(20(5)6)13-10-14-25(27)21(7)8;;/h9-16,18-21H,1-8H3;;1H. The van der Waals surface area contributed by atoms with Crippen molar-refractivity contribution in [2.45, 2.75) is 79.1 Å². The van der Waals surface area contributed by atoms with Gasteiger partial charge in [0.1, 0.15) is 0 Å². The van der Waals surface area contributed by atoms with E-state index in [0.29, 0.717) is 23.7 Å². The van der Waals surface area contributed by atoms with Crippen molar-refractivity contribution in [3.05, 3.63) is 74.7 Å². The van der Waals surface area contributed by atoms with Crippen LogP contribution in [0.15, 0.2) is 48.8 Å². The van der Waals surface area contributed by atoms with E-state index in [0.717, 1.165) is 0 Å². The van der Waals surface area contributed by atoms with Crippen molar-refractivity contribution in [1.29, 1.82) is 0 Å². The van der Waals surface area contributed by atoms with Crippen molar-refractivity contribution in [3.63, 3.8) is 0 Å². The topological polar surface area (TPSA) is 9.86 Å². The first-order chi connectivity index (χ1) is 14.1. The summed E-state index contributed by atoms with van der Waals surface area (Å²) in [4.78, 5) is 0. The van der Waals surface area contributed by atoms with Gasteiger partial charge in [0.05, 0.1) is 0 Å². The molecule has 4 heteroatoms. The van der Waals surface area contributed by atoms with Crippen LogP contribution in [0.5, 0.6) is 0 Å². The van der Waals surface area contributed by atoms with Gasteiger partial charge in [-0.25, -0.2) is 0 Å². The molecule has 0 bridgehead atoms. The van der Waals surface area contributed by atoms with Crippen LogP contribution in [0.2, 0.25) is 0 Å². The van der Waals surface area contributed by atoms with E-state index < -0.39 is 0 Å². The van der Waals surface area contributed by atoms with Gasteiger partial charge >= 0.3 is 195 Å². The predicted molar refractivity (Wildman–Crippen MR) is 132 cm³/mol. The normalized spacial score (nSPS) is 11.7. The molecule has 3 aromatic rings. The van der Waals surface area contributed by atoms with Crippen LogP contribution in [0.25, 0.3) is 11.4 Å². The Morgan fingerprint density at radius 1 is 0.548 bits per heavy atom. The minimum atomic E-state index is 0. The molecule has 2 aromatic carbocycles. The van der Waals surface area contributed by atoms with Crippen LogP contribution < -0.4 is 0 Å². The van der Waals surface area contributed by atoms with Crippen molar-refractivity contribution in [2.24, 2.45) is 0 Å². The Balaban J connectivity index is 0.00000341. The Morgan fingerprint density at radius 3 is 1.03 bits per heavy atom. The SMILES string of the molecule is CC(C)c1cccc(C(C)C)c1-n1ccn(-c2c(C(C)C)cccc2C(C)C)[c]1=[Au].Cl. The first kappa shape index (κ1) is 25.9. The minimum Gasteiger partial charge on any atom is -0.147 e. The number of para-hydroxylation sites is 2. The fraction of sp³-hybridized carbons (Fsp3) is 0.444. The van der Waals surface area contributed by atoms with E-state index in [-0.39, 0.29) is 12.4 Å². The van der Waals surface area contributed by atoms with Gasteiger partial charge < -0.3 is 0 Å². The summed E-state index contributed by atoms with van der Waals surface area (Å²) in [6.45, 7) is 18.3. The number of benzene rings is 2. The summed E-state index contributed by atoms with van der Waals surface area (Å²) in [6, 6.07) is 13.6. The average Bonchev–Trinajstić information content (AvgIpc) is 3.07. The molecule has 0 N–H and O–H groups in total. The van der Waals surface area contributed by atoms with Gasteiger partial charge in [0.2, 0.25) is 0 Å². The predicted octanol–water partition coefficient (Wildman–Crippen LogP) is 8.26. The number of rotatable bonds is 6. The molecule has 2 nitrogen and oxygen atoms in total. The largest absolute Gasteiger partial charge is 0.147 e. The summed E-state index contributed by atoms with van der Waals surface area (Å²) < 4.78 is 5.96. The summed E-state index contributed by atoms with van der Waals surface area (Å²) in [5.74, 6) is 1.88. The zero-order valence-electron chi connectivity index (χ0n) is 20.0. The molecule has 0 aliphatic carbocycles. The fourth-order valence-corrected chi connectivity index (χ4v) is 5.06. The summed E-state index contributed by atoms with van der Waals surface area (Å²) >= 11 is 2.77. The van der Waals surface area contributed by atoms with Gasteiger partial charge in [-0.1, -0.05) is 0 Å². The molecule has 0 aliphatic rings. The fourth-order valence-electron chi connectivity index (χ4n) is 4.26. The van der Waals surface area contributed by atoms with E-state index in [1.165, 1.54) is 37.3 Å². The second-order valence-corrected chi connectivity index (χ2v) is 10.4. The van der Waals surface area contributed by atoms with E-state index in [4.69, 9.17) is 0 Å². The maximum absolute atomic E-state index is 2.77. The van der Waals surface area contributed by atoms with E-state index in [1.807, 2.05) is 0 Å². The molecule has 0 aliphatic heterocycles. The van der Waals surface area contributed by atoms with Crippen LogP contribution in [0.4, 0.5) is 0 Å². The second-order valence-electron chi connectivity index (χ2n) is 9.46. The van der Waals surface area contributed by atoms with Crippen molar-refractivity contribution in [1.82, 2.24) is 9.13 Å². The van der Waals surface area contributed by atoms with Crippen LogP contribution in [0.3, 0.4) is 0 Å². The molecule has 173 valence electrons. The summed E-state index contributed by atoms with van der Waals surface area (Å²) in [6.07, 6.45) is 4.48. The molecule has 0 amide bonds. The molecule has 1 aromatic heterocycles. The monoisotopic (exact) mass is 621 g/mol. The third-order valence-corrected chi connectivity index (χ3v) is 6.94. The molecule has 3 rings (SSSR count). The van der Waals surface area contributed by atoms with Crippen LogP contribution in [-0.4, -0.2) is 9.13 Å². The van der Waals surface area contributed by atoms with Crippen LogP contribution in [0.1, 0.15) is 101 Å². The Kier molecular flexibility index (Phi) is 8.81. The molecule has 0 spiro atoms. The Morgan fingerprint density at radius 2 is 0.806 bits per heavy atom. The van der Waals surface area contributed by atoms with Crippen molar-refractivity contribution >= 4 is 12.4 Å². The van der Waals surface area contributed by atoms with E-state index in [9.17, 15) is 0 Å². The molecule has 0 radical (unpaired) electrons. The number of halogens is 1. The molecule has 1 heterocycles. The third kappa shape index (κ3) is 5.03. The Labute approximate surface area is 206 Å². The smallest absolute Gasteiger partial charge is 0.147 e. The van der Waals surface area contributed by atoms with E-state index in [2.05, 4.69) is 134 Å². The van der Waals surface area contributed by atoms with Crippen LogP contribution in [0, 0.1) is 3.63 Å². The van der Waals surface area contributed by atoms with E-state index >= 15 is 0 Å². The molecule has 0 atom stereocenters. The van der Waals surface area contributed by atoms with Crippen LogP contribution >= 0.6 is 12.4 Å². The summed E-state index contributed by atoms with van der Waals surface area (Å²) in [5, 5.41) is 0. The third-order valence-electron chi connectivity index (χ3n) is 5.89. The molecule has 0 saturated carbocycles. The van der Waals surface area contributed by atoms with Crippen LogP contribution in [-0.2, 0) is 20.6 Å². The van der Waals surface area contributed by atoms with Crippen molar-refractivity contribution in [2.75, 3.05) is 0 Å². The number of hydrogen-bond acceptors (Lipinski definition) is 0. The van der Waals surface area contributed by atoms with Gasteiger partial charge in [-0.2, -0.15) is 0 Å². The van der Waals surface area contributed by atoms with Gasteiger partial charge in [-0.3, -0.25) is 0 Å². The molecule has 0 saturated heterocycles. The number of imidazole rings is 1. The van der Waals surface area contributed by atoms with Gasteiger partial charge in [-0.15, -0.1) is 12.4 Å². The molecule has 0 fully saturated rings. The van der Waals surface area contributed by atoms with Gasteiger partial charge in [-0.05, 0) is 0 Å². The summed E-state index contributed by atoms with van der Waals surface area (Å²) in [7, 11) is 0. The zero-order valence-corrected chi connectivity index (χ0v) is 23.0. The van der Waals surface area contributed by atoms with Gasteiger partial charge in [0.15, 0.2) is 0 Å². The molecule has 0 unspecified atom stereocenters. The molecule has 31 heavy (non-hydrogen) atoms. The Bertz CT molecular complexity index is 950. The van der Waals surface area contributed by atoms with Crippen molar-refractivity contribution < 1.29 is 20.6 Å². The van der Waals surface area contributed by atoms with E-state index in [1.54, 1.807) is 0 Å². The number of nitrogens with zero attached hydrogens (tertiary/aromatic N) is 2. The maximum Gasteiger partial charge on any atom is -0.147 e. The first-order valence-electron chi connectivity index (χ1n) is 11.2. The van der Waals surface area contributed by atoms with Crippen molar-refractivity contribution in [3.8, 4) is 11.4 Å². The van der Waals surface area contributed by atoms with Gasteiger partial charge in [0.25, 0.3) is 0 Å². The molecular weight excluding hydrogens is 585 g/mol. The van der Waals surface area contributed by atoms with Gasteiger partial charge in [0, 0.05) is 0 Å². The second kappa shape index (κ2) is 10.5. The number of aromatic nitrogens is 2. The number of hydrogen-bond donors (Lipinski definition) is 0. The summed E-state index contributed by atoms with van der Waals surface area (Å²) in [5.41, 5.74) is 8.29. The molecular formula is C27H37AuClN2. The zero-order chi connectivity index (χ0) is 22.2. The minimum absolute atomic E-state index is 0. The first-order valence-corrected chi connectivity index (χ1v) is 12.2. The quantitative estimate of drug-likeness (QED) is 0.245. The average molecular weight is 622 g/mol. The maximum atomic E-state index is 2.77. The Hall–Kier alpha value is -1.32.